The number of nitrogens with one attached hydrogen (secondary N) is 1. The molecule has 1 aromatic carbocycles. The topological polar surface area (TPSA) is 63.8 Å². The van der Waals surface area contributed by atoms with Gasteiger partial charge in [0.1, 0.15) is 5.82 Å². The predicted molar refractivity (Wildman–Crippen MR) is 69.7 cm³/mol. The van der Waals surface area contributed by atoms with E-state index in [1.165, 1.54) is 11.1 Å². The first kappa shape index (κ1) is 11.4. The quantitative estimate of drug-likeness (QED) is 0.847. The van der Waals surface area contributed by atoms with E-state index < -0.39 is 0 Å². The van der Waals surface area contributed by atoms with Gasteiger partial charge in [0.25, 0.3) is 0 Å². The van der Waals surface area contributed by atoms with E-state index in [9.17, 15) is 0 Å². The number of nitrogens with zero attached hydrogens (tertiary/aromatic N) is 2. The Hall–Kier alpha value is -2.10. The minimum absolute atomic E-state index is 0.151. The van der Waals surface area contributed by atoms with E-state index >= 15 is 0 Å². The monoisotopic (exact) mass is 228 g/mol. The molecule has 0 saturated heterocycles. The van der Waals surface area contributed by atoms with Crippen molar-refractivity contribution in [1.82, 2.24) is 9.97 Å². The SMILES string of the molecule is Cc1ccccc1C(C)Nc1nccc(N)n1. The van der Waals surface area contributed by atoms with Gasteiger partial charge in [-0.2, -0.15) is 4.98 Å². The fourth-order valence-corrected chi connectivity index (χ4v) is 1.79. The number of nitrogens with two attached hydrogens (primary N) is 1. The Kier molecular flexibility index (Phi) is 3.23. The lowest BCUT2D eigenvalue weighted by Gasteiger charge is -2.16. The maximum absolute atomic E-state index is 5.61. The summed E-state index contributed by atoms with van der Waals surface area (Å²) in [6.07, 6.45) is 1.65. The van der Waals surface area contributed by atoms with Gasteiger partial charge in [-0.25, -0.2) is 4.98 Å². The van der Waals surface area contributed by atoms with Crippen molar-refractivity contribution in [3.63, 3.8) is 0 Å². The number of hydrogen-bond donors (Lipinski definition) is 2. The lowest BCUT2D eigenvalue weighted by Crippen LogP contribution is -2.11. The predicted octanol–water partition coefficient (Wildman–Crippen LogP) is 2.54. The molecule has 0 fully saturated rings. The molecule has 1 unspecified atom stereocenters. The number of hydrogen-bond acceptors (Lipinski definition) is 4. The van der Waals surface area contributed by atoms with E-state index in [2.05, 4.69) is 41.3 Å². The van der Waals surface area contributed by atoms with Crippen LogP contribution in [0.4, 0.5) is 11.8 Å². The smallest absolute Gasteiger partial charge is 0.225 e. The van der Waals surface area contributed by atoms with Crippen molar-refractivity contribution in [3.05, 3.63) is 47.7 Å². The van der Waals surface area contributed by atoms with Crippen molar-refractivity contribution in [3.8, 4) is 0 Å². The summed E-state index contributed by atoms with van der Waals surface area (Å²) in [7, 11) is 0. The fraction of sp³-hybridized carbons (Fsp3) is 0.231. The standard InChI is InChI=1S/C13H16N4/c1-9-5-3-4-6-11(9)10(2)16-13-15-8-7-12(14)17-13/h3-8,10H,1-2H3,(H3,14,15,16,17). The van der Waals surface area contributed by atoms with E-state index in [1.807, 2.05) is 12.1 Å². The molecule has 1 atom stereocenters. The molecule has 4 heteroatoms. The summed E-state index contributed by atoms with van der Waals surface area (Å²) in [6.45, 7) is 4.17. The highest BCUT2D eigenvalue weighted by Gasteiger charge is 2.08. The Labute approximate surface area is 101 Å². The highest BCUT2D eigenvalue weighted by atomic mass is 15.1. The highest BCUT2D eigenvalue weighted by molar-refractivity contribution is 5.39. The zero-order valence-corrected chi connectivity index (χ0v) is 10.0. The number of aromatic nitrogens is 2. The summed E-state index contributed by atoms with van der Waals surface area (Å²) in [6, 6.07) is 10.1. The molecule has 0 amide bonds. The number of rotatable bonds is 3. The molecule has 0 aliphatic heterocycles. The Balaban J connectivity index is 2.17. The van der Waals surface area contributed by atoms with Crippen LogP contribution in [-0.2, 0) is 0 Å². The fourth-order valence-electron chi connectivity index (χ4n) is 1.79. The normalized spacial score (nSPS) is 12.1. The minimum atomic E-state index is 0.151. The van der Waals surface area contributed by atoms with E-state index in [0.717, 1.165) is 0 Å². The van der Waals surface area contributed by atoms with Crippen LogP contribution < -0.4 is 11.1 Å². The van der Waals surface area contributed by atoms with Crippen molar-refractivity contribution in [2.45, 2.75) is 19.9 Å². The van der Waals surface area contributed by atoms with Crippen LogP contribution in [0.3, 0.4) is 0 Å². The molecule has 2 rings (SSSR count). The van der Waals surface area contributed by atoms with Crippen LogP contribution in [0, 0.1) is 6.92 Å². The van der Waals surface area contributed by atoms with Crippen LogP contribution in [0.15, 0.2) is 36.5 Å². The van der Waals surface area contributed by atoms with Crippen molar-refractivity contribution < 1.29 is 0 Å². The molecule has 17 heavy (non-hydrogen) atoms. The molecule has 0 aliphatic rings. The first-order valence-corrected chi connectivity index (χ1v) is 5.57. The summed E-state index contributed by atoms with van der Waals surface area (Å²) in [5.74, 6) is 1.03. The van der Waals surface area contributed by atoms with Gasteiger partial charge in [0.2, 0.25) is 5.95 Å². The number of benzene rings is 1. The van der Waals surface area contributed by atoms with Gasteiger partial charge in [-0.3, -0.25) is 0 Å². The molecule has 0 saturated carbocycles. The van der Waals surface area contributed by atoms with Crippen LogP contribution in [-0.4, -0.2) is 9.97 Å². The van der Waals surface area contributed by atoms with Gasteiger partial charge < -0.3 is 11.1 Å². The lowest BCUT2D eigenvalue weighted by molar-refractivity contribution is 0.852. The first-order chi connectivity index (χ1) is 8.16. The molecule has 88 valence electrons. The Morgan fingerprint density at radius 2 is 2.00 bits per heavy atom. The second-order valence-corrected chi connectivity index (χ2v) is 4.03. The molecule has 1 heterocycles. The molecule has 0 bridgehead atoms. The van der Waals surface area contributed by atoms with Gasteiger partial charge in [0, 0.05) is 6.20 Å². The Morgan fingerprint density at radius 1 is 1.24 bits per heavy atom. The van der Waals surface area contributed by atoms with Crippen molar-refractivity contribution in [1.29, 1.82) is 0 Å². The molecule has 1 aromatic heterocycles. The van der Waals surface area contributed by atoms with Crippen molar-refractivity contribution in [2.24, 2.45) is 0 Å². The molecule has 0 aliphatic carbocycles. The van der Waals surface area contributed by atoms with Gasteiger partial charge in [-0.1, -0.05) is 24.3 Å². The summed E-state index contributed by atoms with van der Waals surface area (Å²) >= 11 is 0. The second kappa shape index (κ2) is 4.82. The van der Waals surface area contributed by atoms with Gasteiger partial charge in [-0.05, 0) is 31.0 Å². The number of nitrogen functional groups attached to an aromatic ring is 1. The van der Waals surface area contributed by atoms with Crippen LogP contribution in [0.25, 0.3) is 0 Å². The average Bonchev–Trinajstić information content (AvgIpc) is 2.29. The van der Waals surface area contributed by atoms with Crippen LogP contribution in [0.5, 0.6) is 0 Å². The van der Waals surface area contributed by atoms with Crippen LogP contribution >= 0.6 is 0 Å². The average molecular weight is 228 g/mol. The Bertz CT molecular complexity index is 510. The van der Waals surface area contributed by atoms with E-state index in [-0.39, 0.29) is 6.04 Å². The molecular weight excluding hydrogens is 212 g/mol. The van der Waals surface area contributed by atoms with Gasteiger partial charge in [-0.15, -0.1) is 0 Å². The van der Waals surface area contributed by atoms with Crippen molar-refractivity contribution in [2.75, 3.05) is 11.1 Å². The van der Waals surface area contributed by atoms with Gasteiger partial charge >= 0.3 is 0 Å². The van der Waals surface area contributed by atoms with Crippen LogP contribution in [0.2, 0.25) is 0 Å². The summed E-state index contributed by atoms with van der Waals surface area (Å²) in [4.78, 5) is 8.26. The van der Waals surface area contributed by atoms with Gasteiger partial charge in [0.15, 0.2) is 0 Å². The van der Waals surface area contributed by atoms with E-state index in [0.29, 0.717) is 11.8 Å². The molecule has 2 aromatic rings. The summed E-state index contributed by atoms with van der Waals surface area (Å²) in [5.41, 5.74) is 8.09. The lowest BCUT2D eigenvalue weighted by atomic mass is 10.0. The molecule has 0 radical (unpaired) electrons. The van der Waals surface area contributed by atoms with E-state index in [4.69, 9.17) is 5.73 Å². The molecule has 3 N–H and O–H groups in total. The number of anilines is 2. The largest absolute Gasteiger partial charge is 0.384 e. The summed E-state index contributed by atoms with van der Waals surface area (Å²) in [5, 5.41) is 3.24. The molecular formula is C13H16N4. The maximum atomic E-state index is 5.61. The van der Waals surface area contributed by atoms with E-state index in [1.54, 1.807) is 12.3 Å². The molecule has 4 nitrogen and oxygen atoms in total. The third-order valence-electron chi connectivity index (χ3n) is 2.68. The van der Waals surface area contributed by atoms with Gasteiger partial charge in [0.05, 0.1) is 6.04 Å². The zero-order chi connectivity index (χ0) is 12.3. The third-order valence-corrected chi connectivity index (χ3v) is 2.68. The zero-order valence-electron chi connectivity index (χ0n) is 10.0. The molecule has 0 spiro atoms. The van der Waals surface area contributed by atoms with Crippen LogP contribution in [0.1, 0.15) is 24.1 Å². The number of aryl methyl sites for hydroxylation is 1. The Morgan fingerprint density at radius 3 is 2.71 bits per heavy atom. The van der Waals surface area contributed by atoms with Crippen molar-refractivity contribution >= 4 is 11.8 Å². The first-order valence-electron chi connectivity index (χ1n) is 5.57. The summed E-state index contributed by atoms with van der Waals surface area (Å²) < 4.78 is 0. The minimum Gasteiger partial charge on any atom is -0.384 e. The highest BCUT2D eigenvalue weighted by Crippen LogP contribution is 2.20. The third kappa shape index (κ3) is 2.72. The maximum Gasteiger partial charge on any atom is 0.225 e. The second-order valence-electron chi connectivity index (χ2n) is 4.03.